The first kappa shape index (κ1) is 26.5. The van der Waals surface area contributed by atoms with Crippen LogP contribution >= 0.6 is 22.5 Å². The Labute approximate surface area is 173 Å². The van der Waals surface area contributed by atoms with Crippen LogP contribution in [0.5, 0.6) is 0 Å². The van der Waals surface area contributed by atoms with Crippen molar-refractivity contribution < 1.29 is 0 Å². The fourth-order valence-electron chi connectivity index (χ4n) is 3.72. The summed E-state index contributed by atoms with van der Waals surface area (Å²) in [4.78, 5) is 0. The molecule has 0 aromatic rings. The molecule has 0 saturated heterocycles. The van der Waals surface area contributed by atoms with E-state index in [4.69, 9.17) is 24.6 Å². The zero-order valence-electron chi connectivity index (χ0n) is 19.3. The molecule has 12 heteroatoms. The molecule has 0 saturated carbocycles. The number of nitrogens with two attached hydrogens (primary N) is 2. The summed E-state index contributed by atoms with van der Waals surface area (Å²) in [6, 6.07) is 0. The molecule has 4 N–H and O–H groups in total. The van der Waals surface area contributed by atoms with E-state index >= 15 is 0 Å². The highest BCUT2D eigenvalue weighted by Gasteiger charge is 2.43. The maximum Gasteiger partial charge on any atom is 0.221 e. The molecule has 9 nitrogen and oxygen atoms in total. The second-order valence-electron chi connectivity index (χ2n) is 6.59. The van der Waals surface area contributed by atoms with Crippen LogP contribution in [0.4, 0.5) is 0 Å². The zero-order chi connectivity index (χ0) is 21.6. The molecule has 0 aromatic carbocycles. The smallest absolute Gasteiger partial charge is 0.221 e. The van der Waals surface area contributed by atoms with Gasteiger partial charge in [0, 0.05) is 52.4 Å². The molecule has 1 aliphatic heterocycles. The lowest BCUT2D eigenvalue weighted by Crippen LogP contribution is -2.35. The van der Waals surface area contributed by atoms with Crippen LogP contribution in [0.1, 0.15) is 55.4 Å². The molecular weight excluding hydrogens is 411 g/mol. The van der Waals surface area contributed by atoms with Crippen molar-refractivity contribution in [2.45, 2.75) is 55.4 Å². The van der Waals surface area contributed by atoms with E-state index in [2.05, 4.69) is 74.1 Å². The molecule has 0 bridgehead atoms. The maximum absolute atomic E-state index is 7.06. The predicted molar refractivity (Wildman–Crippen MR) is 128 cm³/mol. The van der Waals surface area contributed by atoms with Crippen molar-refractivity contribution in [3.8, 4) is 0 Å². The van der Waals surface area contributed by atoms with Crippen LogP contribution < -0.4 is 11.0 Å². The van der Waals surface area contributed by atoms with E-state index in [0.717, 1.165) is 52.4 Å². The van der Waals surface area contributed by atoms with Gasteiger partial charge < -0.3 is 0 Å². The average Bonchev–Trinajstić information content (AvgIpc) is 2.64. The van der Waals surface area contributed by atoms with Gasteiger partial charge in [0.25, 0.3) is 0 Å². The summed E-state index contributed by atoms with van der Waals surface area (Å²) in [5.74, 6) is 0. The van der Waals surface area contributed by atoms with Crippen molar-refractivity contribution in [1.82, 2.24) is 18.7 Å². The summed E-state index contributed by atoms with van der Waals surface area (Å²) in [5.41, 5.74) is 14.1. The van der Waals surface area contributed by atoms with Gasteiger partial charge in [-0.05, 0) is 0 Å². The third kappa shape index (κ3) is 5.01. The minimum atomic E-state index is -2.62. The van der Waals surface area contributed by atoms with Crippen molar-refractivity contribution in [2.24, 2.45) is 24.6 Å². The molecule has 0 spiro atoms. The minimum Gasteiger partial charge on any atom is -0.267 e. The Morgan fingerprint density at radius 3 is 1.04 bits per heavy atom. The summed E-state index contributed by atoms with van der Waals surface area (Å²) in [6.07, 6.45) is 0. The minimum absolute atomic E-state index is 0.808. The molecular formula is C16H44N9P3. The van der Waals surface area contributed by atoms with E-state index in [1.54, 1.807) is 0 Å². The van der Waals surface area contributed by atoms with Gasteiger partial charge in [-0.2, -0.15) is 13.5 Å². The van der Waals surface area contributed by atoms with Crippen LogP contribution in [0.25, 0.3) is 0 Å². The van der Waals surface area contributed by atoms with Gasteiger partial charge in [0.2, 0.25) is 22.5 Å². The van der Waals surface area contributed by atoms with Gasteiger partial charge in [0.05, 0.1) is 0 Å². The fraction of sp³-hybridized carbons (Fsp3) is 1.00. The molecule has 28 heavy (non-hydrogen) atoms. The van der Waals surface area contributed by atoms with Gasteiger partial charge in [0.1, 0.15) is 0 Å². The molecule has 1 aliphatic rings. The number of nitrogens with zero attached hydrogens (tertiary/aromatic N) is 7. The molecule has 0 fully saturated rings. The molecule has 0 radical (unpaired) electrons. The second kappa shape index (κ2) is 11.2. The van der Waals surface area contributed by atoms with E-state index in [9.17, 15) is 0 Å². The van der Waals surface area contributed by atoms with Gasteiger partial charge in [-0.25, -0.2) is 18.7 Å². The molecule has 1 heterocycles. The number of hydrogen-bond acceptors (Lipinski definition) is 9. The van der Waals surface area contributed by atoms with Crippen molar-refractivity contribution in [3.63, 3.8) is 0 Å². The molecule has 0 unspecified atom stereocenters. The first-order valence-electron chi connectivity index (χ1n) is 10.7. The topological polar surface area (TPSA) is 102 Å². The van der Waals surface area contributed by atoms with Crippen LogP contribution in [-0.4, -0.2) is 71.0 Å². The van der Waals surface area contributed by atoms with Gasteiger partial charge in [0.15, 0.2) is 0 Å². The zero-order valence-corrected chi connectivity index (χ0v) is 22.0. The number of rotatable bonds is 12. The summed E-state index contributed by atoms with van der Waals surface area (Å²) in [6.45, 7) is 23.9. The monoisotopic (exact) mass is 455 g/mol. The lowest BCUT2D eigenvalue weighted by molar-refractivity contribution is 0.413. The Bertz CT molecular complexity index is 614. The summed E-state index contributed by atoms with van der Waals surface area (Å²) < 4.78 is 25.1. The SMILES string of the molecule is CCN(CC)P1(N(CC)CC)=N[P@@](N)(N(CC)CC)=N[P@](N)(N(CC)CC)=N1. The first-order valence-corrected chi connectivity index (χ1v) is 15.7. The maximum atomic E-state index is 7.06. The quantitative estimate of drug-likeness (QED) is 0.396. The Morgan fingerprint density at radius 1 is 0.464 bits per heavy atom. The van der Waals surface area contributed by atoms with Crippen LogP contribution in [0, 0.1) is 0 Å². The summed E-state index contributed by atoms with van der Waals surface area (Å²) >= 11 is 0. The van der Waals surface area contributed by atoms with E-state index < -0.39 is 22.5 Å². The molecule has 2 atom stereocenters. The third-order valence-corrected chi connectivity index (χ3v) is 16.9. The average molecular weight is 456 g/mol. The predicted octanol–water partition coefficient (Wildman–Crippen LogP) is 5.12. The highest BCUT2D eigenvalue weighted by Crippen LogP contribution is 2.77. The highest BCUT2D eigenvalue weighted by atomic mass is 31.3. The summed E-state index contributed by atoms with van der Waals surface area (Å²) in [7, 11) is -7.66. The van der Waals surface area contributed by atoms with Crippen LogP contribution in [0.15, 0.2) is 13.5 Å². The van der Waals surface area contributed by atoms with Crippen molar-refractivity contribution in [1.29, 1.82) is 0 Å². The Kier molecular flexibility index (Phi) is 10.6. The van der Waals surface area contributed by atoms with Crippen LogP contribution in [-0.2, 0) is 0 Å². The Balaban J connectivity index is 4.07. The lowest BCUT2D eigenvalue weighted by Gasteiger charge is -2.46. The van der Waals surface area contributed by atoms with Crippen molar-refractivity contribution in [3.05, 3.63) is 0 Å². The molecule has 1 rings (SSSR count). The van der Waals surface area contributed by atoms with Crippen LogP contribution in [0.3, 0.4) is 0 Å². The van der Waals surface area contributed by atoms with Gasteiger partial charge in [-0.1, -0.05) is 55.4 Å². The largest absolute Gasteiger partial charge is 0.267 e. The van der Waals surface area contributed by atoms with E-state index in [0.29, 0.717) is 0 Å². The first-order chi connectivity index (χ1) is 13.2. The molecule has 0 aliphatic carbocycles. The molecule has 168 valence electrons. The normalized spacial score (nSPS) is 27.2. The van der Waals surface area contributed by atoms with Gasteiger partial charge in [-0.15, -0.1) is 0 Å². The van der Waals surface area contributed by atoms with Crippen LogP contribution in [0.2, 0.25) is 0 Å². The van der Waals surface area contributed by atoms with Crippen molar-refractivity contribution >= 4 is 22.5 Å². The van der Waals surface area contributed by atoms with E-state index in [1.807, 2.05) is 0 Å². The third-order valence-electron chi connectivity index (χ3n) is 5.28. The molecule has 0 aromatic heterocycles. The number of hydrogen-bond donors (Lipinski definition) is 2. The van der Waals surface area contributed by atoms with E-state index in [1.165, 1.54) is 0 Å². The van der Waals surface area contributed by atoms with Crippen molar-refractivity contribution in [2.75, 3.05) is 52.4 Å². The highest BCUT2D eigenvalue weighted by molar-refractivity contribution is 7.83. The molecule has 0 amide bonds. The Morgan fingerprint density at radius 2 is 0.750 bits per heavy atom. The lowest BCUT2D eigenvalue weighted by atomic mass is 10.7. The fourth-order valence-corrected chi connectivity index (χ4v) is 16.7. The summed E-state index contributed by atoms with van der Waals surface area (Å²) in [5, 5.41) is 0. The standard InChI is InChI=1S/C16H44N9P3/c1-9-22(10-2)26(17)19-27(18,23(11-3)12-4)21-28(20-26,24(13-5)14-6)25(15-7)16-8/h9-18H2,1-8H3/t26-,27-/m0/s1. The second-order valence-corrected chi connectivity index (χ2v) is 14.5. The van der Waals surface area contributed by atoms with E-state index in [-0.39, 0.29) is 0 Å². The Hall–Kier alpha value is 0.450. The van der Waals surface area contributed by atoms with Gasteiger partial charge >= 0.3 is 0 Å². The van der Waals surface area contributed by atoms with Gasteiger partial charge in [-0.3, -0.25) is 11.0 Å².